The Labute approximate surface area is 138 Å². The molecule has 1 aromatic carbocycles. The number of fused-ring (bicyclic) bond motifs is 1. The van der Waals surface area contributed by atoms with Crippen LogP contribution in [0.3, 0.4) is 0 Å². The highest BCUT2D eigenvalue weighted by Crippen LogP contribution is 2.34. The van der Waals surface area contributed by atoms with E-state index in [4.69, 9.17) is 5.73 Å². The standard InChI is InChI=1S/C14H17BN4O5/c1-15(22)17-4-2-8(3-5-17)18-13(20)9-6-11(16)12(19(23)24)7-10(9)14(18)21/h6-8,22H,2-5,16H2,1H3. The summed E-state index contributed by atoms with van der Waals surface area (Å²) in [5, 5.41) is 20.6. The molecule has 0 bridgehead atoms. The van der Waals surface area contributed by atoms with Crippen molar-refractivity contribution in [2.45, 2.75) is 25.7 Å². The summed E-state index contributed by atoms with van der Waals surface area (Å²) in [6, 6.07) is 2.00. The van der Waals surface area contributed by atoms with Gasteiger partial charge in [0.1, 0.15) is 5.69 Å². The van der Waals surface area contributed by atoms with E-state index < -0.39 is 23.8 Å². The highest BCUT2D eigenvalue weighted by molar-refractivity contribution is 6.45. The lowest BCUT2D eigenvalue weighted by Gasteiger charge is -2.36. The van der Waals surface area contributed by atoms with Crippen LogP contribution in [0.2, 0.25) is 6.82 Å². The van der Waals surface area contributed by atoms with E-state index in [1.165, 1.54) is 11.0 Å². The number of carbonyl (C=O) groups excluding carboxylic acids is 2. The molecule has 0 aromatic heterocycles. The van der Waals surface area contributed by atoms with Crippen LogP contribution in [-0.2, 0) is 0 Å². The van der Waals surface area contributed by atoms with Gasteiger partial charge in [0.25, 0.3) is 17.5 Å². The number of imide groups is 1. The van der Waals surface area contributed by atoms with E-state index in [0.29, 0.717) is 25.9 Å². The Morgan fingerprint density at radius 1 is 1.25 bits per heavy atom. The molecule has 0 saturated carbocycles. The van der Waals surface area contributed by atoms with Crippen molar-refractivity contribution in [3.05, 3.63) is 33.4 Å². The molecule has 0 spiro atoms. The van der Waals surface area contributed by atoms with Crippen molar-refractivity contribution in [2.75, 3.05) is 18.8 Å². The van der Waals surface area contributed by atoms with Crippen molar-refractivity contribution >= 4 is 30.2 Å². The average Bonchev–Trinajstić information content (AvgIpc) is 2.77. The lowest BCUT2D eigenvalue weighted by atomic mass is 9.82. The minimum Gasteiger partial charge on any atom is -0.437 e. The van der Waals surface area contributed by atoms with Crippen molar-refractivity contribution in [3.8, 4) is 0 Å². The molecule has 2 heterocycles. The second-order valence-corrected chi connectivity index (χ2v) is 6.09. The molecule has 2 aliphatic rings. The van der Waals surface area contributed by atoms with Gasteiger partial charge in [-0.15, -0.1) is 0 Å². The first kappa shape index (κ1) is 16.4. The third-order valence-electron chi connectivity index (χ3n) is 4.65. The molecule has 1 fully saturated rings. The highest BCUT2D eigenvalue weighted by Gasteiger charge is 2.42. The second-order valence-electron chi connectivity index (χ2n) is 6.09. The SMILES string of the molecule is CB(O)N1CCC(N2C(=O)c3cc(N)c([N+](=O)[O-])cc3C2=O)CC1. The largest absolute Gasteiger partial charge is 0.437 e. The van der Waals surface area contributed by atoms with Crippen molar-refractivity contribution in [1.29, 1.82) is 0 Å². The van der Waals surface area contributed by atoms with Gasteiger partial charge < -0.3 is 15.6 Å². The van der Waals surface area contributed by atoms with Gasteiger partial charge in [0.15, 0.2) is 0 Å². The Kier molecular flexibility index (Phi) is 4.02. The van der Waals surface area contributed by atoms with Gasteiger partial charge in [0.2, 0.25) is 0 Å². The predicted octanol–water partition coefficient (Wildman–Crippen LogP) is 0.348. The Hall–Kier alpha value is -2.46. The third-order valence-corrected chi connectivity index (χ3v) is 4.65. The first-order chi connectivity index (χ1) is 11.3. The first-order valence-corrected chi connectivity index (χ1v) is 7.69. The number of piperidine rings is 1. The summed E-state index contributed by atoms with van der Waals surface area (Å²) >= 11 is 0. The van der Waals surface area contributed by atoms with Crippen LogP contribution < -0.4 is 5.73 Å². The summed E-state index contributed by atoms with van der Waals surface area (Å²) in [6.07, 6.45) is 1.10. The van der Waals surface area contributed by atoms with E-state index in [0.717, 1.165) is 6.07 Å². The molecule has 0 unspecified atom stereocenters. The van der Waals surface area contributed by atoms with E-state index >= 15 is 0 Å². The van der Waals surface area contributed by atoms with Crippen molar-refractivity contribution in [3.63, 3.8) is 0 Å². The summed E-state index contributed by atoms with van der Waals surface area (Å²) in [4.78, 5) is 38.5. The predicted molar refractivity (Wildman–Crippen MR) is 86.4 cm³/mol. The molecule has 1 saturated heterocycles. The van der Waals surface area contributed by atoms with Crippen LogP contribution in [-0.4, -0.2) is 57.7 Å². The van der Waals surface area contributed by atoms with Crippen LogP contribution in [0.25, 0.3) is 0 Å². The van der Waals surface area contributed by atoms with Crippen LogP contribution >= 0.6 is 0 Å². The van der Waals surface area contributed by atoms with Gasteiger partial charge in [-0.05, 0) is 38.8 Å². The average molecular weight is 332 g/mol. The van der Waals surface area contributed by atoms with E-state index in [1.807, 2.05) is 4.81 Å². The molecule has 3 N–H and O–H groups in total. The maximum atomic E-state index is 12.6. The monoisotopic (exact) mass is 332 g/mol. The molecule has 3 rings (SSSR count). The molecular weight excluding hydrogens is 315 g/mol. The molecule has 9 nitrogen and oxygen atoms in total. The van der Waals surface area contributed by atoms with Crippen LogP contribution in [0, 0.1) is 10.1 Å². The molecule has 1 aromatic rings. The maximum absolute atomic E-state index is 12.6. The number of hydrogen-bond acceptors (Lipinski definition) is 7. The number of nitro groups is 1. The number of hydrogen-bond donors (Lipinski definition) is 2. The number of carbonyl (C=O) groups is 2. The number of benzene rings is 1. The number of rotatable bonds is 3. The summed E-state index contributed by atoms with van der Waals surface area (Å²) in [7, 11) is -0.574. The van der Waals surface area contributed by atoms with Crippen LogP contribution in [0.15, 0.2) is 12.1 Å². The number of nitrogens with zero attached hydrogens (tertiary/aromatic N) is 3. The maximum Gasteiger partial charge on any atom is 0.376 e. The Morgan fingerprint density at radius 2 is 1.79 bits per heavy atom. The molecule has 2 aliphatic heterocycles. The zero-order valence-corrected chi connectivity index (χ0v) is 13.1. The second kappa shape index (κ2) is 5.88. The van der Waals surface area contributed by atoms with E-state index in [2.05, 4.69) is 0 Å². The van der Waals surface area contributed by atoms with Crippen LogP contribution in [0.4, 0.5) is 11.4 Å². The van der Waals surface area contributed by atoms with Crippen LogP contribution in [0.5, 0.6) is 0 Å². The van der Waals surface area contributed by atoms with Gasteiger partial charge in [-0.25, -0.2) is 0 Å². The molecule has 2 amide bonds. The van der Waals surface area contributed by atoms with E-state index in [1.54, 1.807) is 6.82 Å². The van der Waals surface area contributed by atoms with Gasteiger partial charge in [-0.1, -0.05) is 0 Å². The topological polar surface area (TPSA) is 130 Å². The van der Waals surface area contributed by atoms with Gasteiger partial charge >= 0.3 is 7.05 Å². The molecule has 0 radical (unpaired) electrons. The fraction of sp³-hybridized carbons (Fsp3) is 0.429. The molecule has 0 aliphatic carbocycles. The van der Waals surface area contributed by atoms with Crippen molar-refractivity contribution in [1.82, 2.24) is 9.71 Å². The van der Waals surface area contributed by atoms with Gasteiger partial charge in [-0.2, -0.15) is 0 Å². The minimum absolute atomic E-state index is 0.0267. The normalized spacial score (nSPS) is 18.8. The number of amides is 2. The molecular formula is C14H17BN4O5. The van der Waals surface area contributed by atoms with Gasteiger partial charge in [-0.3, -0.25) is 24.6 Å². The number of nitrogens with two attached hydrogens (primary N) is 1. The Balaban J connectivity index is 1.87. The van der Waals surface area contributed by atoms with E-state index in [9.17, 15) is 24.7 Å². The smallest absolute Gasteiger partial charge is 0.376 e. The molecule has 10 heteroatoms. The summed E-state index contributed by atoms with van der Waals surface area (Å²) in [5.41, 5.74) is 5.25. The molecule has 0 atom stereocenters. The summed E-state index contributed by atoms with van der Waals surface area (Å²) in [5.74, 6) is -0.985. The van der Waals surface area contributed by atoms with Crippen molar-refractivity contribution < 1.29 is 19.5 Å². The zero-order chi connectivity index (χ0) is 17.6. The van der Waals surface area contributed by atoms with E-state index in [-0.39, 0.29) is 28.5 Å². The lowest BCUT2D eigenvalue weighted by molar-refractivity contribution is -0.383. The van der Waals surface area contributed by atoms with Gasteiger partial charge in [0.05, 0.1) is 16.1 Å². The Bertz CT molecular complexity index is 730. The highest BCUT2D eigenvalue weighted by atomic mass is 16.6. The molecule has 24 heavy (non-hydrogen) atoms. The fourth-order valence-electron chi connectivity index (χ4n) is 3.32. The Morgan fingerprint density at radius 3 is 2.29 bits per heavy atom. The lowest BCUT2D eigenvalue weighted by Crippen LogP contribution is -2.50. The summed E-state index contributed by atoms with van der Waals surface area (Å²) in [6.45, 7) is 2.81. The number of nitrogen functional groups attached to an aromatic ring is 1. The number of anilines is 1. The minimum atomic E-state index is -0.669. The molecule has 126 valence electrons. The number of nitro benzene ring substituents is 1. The van der Waals surface area contributed by atoms with Crippen LogP contribution in [0.1, 0.15) is 33.6 Å². The summed E-state index contributed by atoms with van der Waals surface area (Å²) < 4.78 is 0. The van der Waals surface area contributed by atoms with Gasteiger partial charge in [0, 0.05) is 12.1 Å². The van der Waals surface area contributed by atoms with Crippen molar-refractivity contribution in [2.24, 2.45) is 0 Å². The quantitative estimate of drug-likeness (QED) is 0.268. The first-order valence-electron chi connectivity index (χ1n) is 7.69. The zero-order valence-electron chi connectivity index (χ0n) is 13.1. The third kappa shape index (κ3) is 2.53. The fourth-order valence-corrected chi connectivity index (χ4v) is 3.32.